The monoisotopic (exact) mass is 494 g/mol. The van der Waals surface area contributed by atoms with Gasteiger partial charge in [0.25, 0.3) is 0 Å². The molecule has 4 rings (SSSR count). The predicted molar refractivity (Wildman–Crippen MR) is 131 cm³/mol. The number of aryl methyl sites for hydroxylation is 1. The zero-order chi connectivity index (χ0) is 25.6. The number of rotatable bonds is 8. The van der Waals surface area contributed by atoms with Crippen molar-refractivity contribution in [2.75, 3.05) is 0 Å². The minimum atomic E-state index is -4.54. The molecular formula is C29H41F3O3. The summed E-state index contributed by atoms with van der Waals surface area (Å²) in [5.41, 5.74) is 1.43. The van der Waals surface area contributed by atoms with Gasteiger partial charge in [-0.3, -0.25) is 0 Å². The van der Waals surface area contributed by atoms with Crippen LogP contribution in [0.3, 0.4) is 0 Å². The number of allylic oxidation sites excluding steroid dienone is 1. The molecule has 35 heavy (non-hydrogen) atoms. The molecule has 0 aromatic heterocycles. The van der Waals surface area contributed by atoms with Gasteiger partial charge in [0.15, 0.2) is 0 Å². The first kappa shape index (κ1) is 26.5. The maximum absolute atomic E-state index is 12.6. The highest BCUT2D eigenvalue weighted by atomic mass is 19.4. The Balaban J connectivity index is 1.54. The number of aliphatic hydroxyl groups excluding tert-OH is 1. The highest BCUT2D eigenvalue weighted by Crippen LogP contribution is 2.71. The topological polar surface area (TPSA) is 60.7 Å². The highest BCUT2D eigenvalue weighted by molar-refractivity contribution is 5.43. The fourth-order valence-electron chi connectivity index (χ4n) is 8.18. The average molecular weight is 495 g/mol. The largest absolute Gasteiger partial charge is 0.508 e. The van der Waals surface area contributed by atoms with Gasteiger partial charge in [-0.05, 0) is 104 Å². The van der Waals surface area contributed by atoms with Gasteiger partial charge in [0.1, 0.15) is 11.9 Å². The van der Waals surface area contributed by atoms with E-state index in [9.17, 15) is 28.5 Å². The van der Waals surface area contributed by atoms with Crippen LogP contribution in [0, 0.1) is 22.7 Å². The molecule has 3 aliphatic carbocycles. The third-order valence-electron chi connectivity index (χ3n) is 10.2. The van der Waals surface area contributed by atoms with Crippen molar-refractivity contribution >= 4 is 0 Å². The summed E-state index contributed by atoms with van der Waals surface area (Å²) in [6, 6.07) is 5.75. The first-order valence-electron chi connectivity index (χ1n) is 13.3. The summed E-state index contributed by atoms with van der Waals surface area (Å²) < 4.78 is 37.7. The second kappa shape index (κ2) is 9.41. The second-order valence-corrected chi connectivity index (χ2v) is 12.0. The van der Waals surface area contributed by atoms with E-state index in [4.69, 9.17) is 0 Å². The van der Waals surface area contributed by atoms with Crippen molar-refractivity contribution in [3.05, 3.63) is 42.0 Å². The number of hydrogen-bond donors (Lipinski definition) is 3. The van der Waals surface area contributed by atoms with Crippen LogP contribution in [-0.4, -0.2) is 33.2 Å². The molecule has 0 bridgehead atoms. The van der Waals surface area contributed by atoms with Crippen LogP contribution in [0.15, 0.2) is 30.9 Å². The molecule has 1 aromatic rings. The first-order valence-corrected chi connectivity index (χ1v) is 13.3. The normalized spacial score (nSPS) is 37.3. The van der Waals surface area contributed by atoms with Crippen molar-refractivity contribution in [1.29, 1.82) is 0 Å². The van der Waals surface area contributed by atoms with Crippen molar-refractivity contribution in [2.24, 2.45) is 22.7 Å². The molecular weight excluding hydrogens is 453 g/mol. The van der Waals surface area contributed by atoms with Crippen LogP contribution in [0.1, 0.15) is 95.1 Å². The molecule has 0 radical (unpaired) electrons. The molecule has 2 unspecified atom stereocenters. The zero-order valence-corrected chi connectivity index (χ0v) is 21.1. The lowest BCUT2D eigenvalue weighted by Gasteiger charge is -2.61. The van der Waals surface area contributed by atoms with E-state index >= 15 is 0 Å². The Bertz CT molecular complexity index is 926. The summed E-state index contributed by atoms with van der Waals surface area (Å²) >= 11 is 0. The number of hydrogen-bond acceptors (Lipinski definition) is 3. The molecule has 6 heteroatoms. The zero-order valence-electron chi connectivity index (χ0n) is 21.1. The fraction of sp³-hybridized carbons (Fsp3) is 0.724. The standard InChI is InChI=1S/C29H41F3O3/c1-4-28-16-13-19-17-21(33)11-12-22(19)25(28)20(18-26(2)23(28)14-15-27(26,3)35)9-7-5-6-8-10-24(34)29(30,31)32/h4,11-12,17,20,23-25,33-35H,1,5-10,13-16,18H2,2-3H3/t20-,23+,24?,25+,26-,27-,28?/m0/s1. The van der Waals surface area contributed by atoms with E-state index in [1.807, 2.05) is 13.0 Å². The number of unbranched alkanes of at least 4 members (excludes halogenated alkanes) is 3. The number of alkyl halides is 3. The van der Waals surface area contributed by atoms with Gasteiger partial charge in [-0.15, -0.1) is 6.58 Å². The lowest BCUT2D eigenvalue weighted by Crippen LogP contribution is -2.56. The summed E-state index contributed by atoms with van der Waals surface area (Å²) in [5, 5.41) is 30.8. The van der Waals surface area contributed by atoms with Crippen molar-refractivity contribution in [1.82, 2.24) is 0 Å². The molecule has 0 aliphatic heterocycles. The highest BCUT2D eigenvalue weighted by Gasteiger charge is 2.66. The van der Waals surface area contributed by atoms with Crippen LogP contribution in [0.25, 0.3) is 0 Å². The number of halogens is 3. The summed E-state index contributed by atoms with van der Waals surface area (Å²) in [4.78, 5) is 0. The lowest BCUT2D eigenvalue weighted by atomic mass is 9.43. The number of benzene rings is 1. The summed E-state index contributed by atoms with van der Waals surface area (Å²) in [5.74, 6) is 1.22. The van der Waals surface area contributed by atoms with Crippen LogP contribution in [0.4, 0.5) is 13.2 Å². The number of phenols is 1. The Morgan fingerprint density at radius 3 is 2.54 bits per heavy atom. The van der Waals surface area contributed by atoms with Gasteiger partial charge in [0.05, 0.1) is 5.60 Å². The van der Waals surface area contributed by atoms with Gasteiger partial charge in [-0.25, -0.2) is 0 Å². The Morgan fingerprint density at radius 2 is 1.86 bits per heavy atom. The van der Waals surface area contributed by atoms with Crippen LogP contribution in [-0.2, 0) is 6.42 Å². The van der Waals surface area contributed by atoms with Gasteiger partial charge in [0, 0.05) is 0 Å². The third kappa shape index (κ3) is 4.54. The van der Waals surface area contributed by atoms with Crippen LogP contribution >= 0.6 is 0 Å². The Morgan fingerprint density at radius 1 is 1.14 bits per heavy atom. The van der Waals surface area contributed by atoms with Crippen molar-refractivity contribution < 1.29 is 28.5 Å². The Labute approximate surface area is 207 Å². The molecule has 7 atom stereocenters. The maximum atomic E-state index is 12.6. The lowest BCUT2D eigenvalue weighted by molar-refractivity contribution is -0.205. The molecule has 1 aromatic carbocycles. The molecule has 0 amide bonds. The molecule has 3 N–H and O–H groups in total. The van der Waals surface area contributed by atoms with Crippen LogP contribution < -0.4 is 0 Å². The van der Waals surface area contributed by atoms with Crippen LogP contribution in [0.5, 0.6) is 5.75 Å². The number of aliphatic hydroxyl groups is 2. The van der Waals surface area contributed by atoms with Gasteiger partial charge in [0.2, 0.25) is 0 Å². The summed E-state index contributed by atoms with van der Waals surface area (Å²) in [6.07, 6.45) is 3.39. The molecule has 3 aliphatic rings. The molecule has 3 nitrogen and oxygen atoms in total. The smallest absolute Gasteiger partial charge is 0.414 e. The van der Waals surface area contributed by atoms with Gasteiger partial charge >= 0.3 is 6.18 Å². The molecule has 0 heterocycles. The summed E-state index contributed by atoms with van der Waals surface area (Å²) in [6.45, 7) is 8.58. The average Bonchev–Trinajstić information content (AvgIpc) is 3.03. The Kier molecular flexibility index (Phi) is 7.13. The van der Waals surface area contributed by atoms with Gasteiger partial charge in [-0.1, -0.05) is 44.7 Å². The first-order chi connectivity index (χ1) is 16.4. The molecule has 0 spiro atoms. The number of aromatic hydroxyl groups is 1. The van der Waals surface area contributed by atoms with E-state index in [0.717, 1.165) is 51.4 Å². The van der Waals surface area contributed by atoms with E-state index in [0.29, 0.717) is 24.7 Å². The second-order valence-electron chi connectivity index (χ2n) is 12.0. The molecule has 2 fully saturated rings. The quantitative estimate of drug-likeness (QED) is 0.268. The van der Waals surface area contributed by atoms with Crippen LogP contribution in [0.2, 0.25) is 0 Å². The van der Waals surface area contributed by atoms with E-state index in [2.05, 4.69) is 25.6 Å². The number of fused-ring (bicyclic) bond motifs is 5. The van der Waals surface area contributed by atoms with E-state index in [1.165, 1.54) is 11.1 Å². The van der Waals surface area contributed by atoms with Gasteiger partial charge < -0.3 is 15.3 Å². The molecule has 196 valence electrons. The minimum Gasteiger partial charge on any atom is -0.508 e. The predicted octanol–water partition coefficient (Wildman–Crippen LogP) is 7.05. The molecule has 0 saturated heterocycles. The Hall–Kier alpha value is -1.53. The minimum absolute atomic E-state index is 0.112. The van der Waals surface area contributed by atoms with E-state index < -0.39 is 17.9 Å². The van der Waals surface area contributed by atoms with Gasteiger partial charge in [-0.2, -0.15) is 13.2 Å². The van der Waals surface area contributed by atoms with E-state index in [-0.39, 0.29) is 28.9 Å². The van der Waals surface area contributed by atoms with E-state index in [1.54, 1.807) is 6.07 Å². The van der Waals surface area contributed by atoms with Crippen molar-refractivity contribution in [3.63, 3.8) is 0 Å². The fourth-order valence-corrected chi connectivity index (χ4v) is 8.18. The molecule has 2 saturated carbocycles. The number of phenolic OH excluding ortho intramolecular Hbond substituents is 1. The third-order valence-corrected chi connectivity index (χ3v) is 10.2. The SMILES string of the molecule is C=CC12CCc3cc(O)ccc3[C@H]1[C@@H](CCCCCCC(O)C(F)(F)F)C[C@@]1(C)[C@H]2CC[C@]1(C)O. The maximum Gasteiger partial charge on any atom is 0.414 e. The van der Waals surface area contributed by atoms with Crippen molar-refractivity contribution in [3.8, 4) is 5.75 Å². The van der Waals surface area contributed by atoms with Crippen molar-refractivity contribution in [2.45, 2.75) is 108 Å². The summed E-state index contributed by atoms with van der Waals surface area (Å²) in [7, 11) is 0.